The first-order valence-electron chi connectivity index (χ1n) is 8.21. The van der Waals surface area contributed by atoms with Gasteiger partial charge in [0.25, 0.3) is 0 Å². The molecule has 0 bridgehead atoms. The minimum absolute atomic E-state index is 0.200. The number of rotatable bonds is 7. The number of hydrogen-bond donors (Lipinski definition) is 1. The molecule has 0 spiro atoms. The average Bonchev–Trinajstić information content (AvgIpc) is 2.59. The maximum atomic E-state index is 11.9. The first kappa shape index (κ1) is 19.5. The number of halogens is 3. The highest BCUT2D eigenvalue weighted by Crippen LogP contribution is 2.15. The van der Waals surface area contributed by atoms with Crippen molar-refractivity contribution >= 4 is 11.7 Å². The predicted octanol–water partition coefficient (Wildman–Crippen LogP) is 1.42. The fraction of sp³-hybridized carbons (Fsp3) is 0.625. The topological polar surface area (TPSA) is 57.7 Å². The highest BCUT2D eigenvalue weighted by Gasteiger charge is 2.27. The van der Waals surface area contributed by atoms with E-state index in [-0.39, 0.29) is 6.54 Å². The van der Waals surface area contributed by atoms with Gasteiger partial charge in [-0.2, -0.15) is 13.2 Å². The van der Waals surface area contributed by atoms with Gasteiger partial charge in [0.05, 0.1) is 0 Å². The second-order valence-electron chi connectivity index (χ2n) is 5.83. The van der Waals surface area contributed by atoms with Crippen molar-refractivity contribution in [2.75, 3.05) is 50.8 Å². The Labute approximate surface area is 145 Å². The summed E-state index contributed by atoms with van der Waals surface area (Å²) < 4.78 is 40.1. The van der Waals surface area contributed by atoms with Crippen LogP contribution >= 0.6 is 0 Å². The summed E-state index contributed by atoms with van der Waals surface area (Å²) in [7, 11) is 0. The van der Waals surface area contributed by atoms with E-state index in [4.69, 9.17) is 0 Å². The van der Waals surface area contributed by atoms with E-state index in [9.17, 15) is 18.0 Å². The predicted molar refractivity (Wildman–Crippen MR) is 87.3 cm³/mol. The number of likely N-dealkylation sites (N-methyl/N-ethyl adjacent to an activating group) is 1. The van der Waals surface area contributed by atoms with Gasteiger partial charge in [-0.1, -0.05) is 13.0 Å². The third-order valence-corrected chi connectivity index (χ3v) is 3.94. The Morgan fingerprint density at radius 2 is 2.00 bits per heavy atom. The molecule has 2 heterocycles. The summed E-state index contributed by atoms with van der Waals surface area (Å²) in [5, 5.41) is 2.51. The zero-order valence-corrected chi connectivity index (χ0v) is 14.2. The van der Waals surface area contributed by atoms with Crippen molar-refractivity contribution in [2.24, 2.45) is 0 Å². The van der Waals surface area contributed by atoms with Gasteiger partial charge in [0.1, 0.15) is 19.0 Å². The molecule has 0 aromatic carbocycles. The lowest BCUT2D eigenvalue weighted by molar-refractivity contribution is -0.175. The number of alkyl halides is 3. The summed E-state index contributed by atoms with van der Waals surface area (Å²) in [4.78, 5) is 20.4. The number of ether oxygens (including phenoxy) is 1. The monoisotopic (exact) mass is 360 g/mol. The van der Waals surface area contributed by atoms with Crippen LogP contribution in [0.4, 0.5) is 19.0 Å². The molecule has 1 N–H and O–H groups in total. The molecule has 9 heteroatoms. The molecule has 1 saturated heterocycles. The average molecular weight is 360 g/mol. The van der Waals surface area contributed by atoms with E-state index in [0.29, 0.717) is 0 Å². The van der Waals surface area contributed by atoms with E-state index < -0.39 is 25.3 Å². The molecule has 0 aliphatic carbocycles. The zero-order valence-electron chi connectivity index (χ0n) is 14.2. The SMILES string of the molecule is CCN1CCN(c2ccc(CNC(=O)COCC(F)(F)F)cn2)CC1. The van der Waals surface area contributed by atoms with Crippen molar-refractivity contribution in [3.63, 3.8) is 0 Å². The number of anilines is 1. The van der Waals surface area contributed by atoms with Gasteiger partial charge < -0.3 is 19.9 Å². The van der Waals surface area contributed by atoms with Crippen LogP contribution in [0.5, 0.6) is 0 Å². The van der Waals surface area contributed by atoms with Gasteiger partial charge in [0.2, 0.25) is 5.91 Å². The van der Waals surface area contributed by atoms with E-state index in [1.165, 1.54) is 0 Å². The first-order chi connectivity index (χ1) is 11.9. The maximum absolute atomic E-state index is 11.9. The second-order valence-corrected chi connectivity index (χ2v) is 5.83. The number of carbonyl (C=O) groups excluding carboxylic acids is 1. The normalized spacial score (nSPS) is 16.1. The summed E-state index contributed by atoms with van der Waals surface area (Å²) >= 11 is 0. The quantitative estimate of drug-likeness (QED) is 0.797. The van der Waals surface area contributed by atoms with Gasteiger partial charge in [0.15, 0.2) is 0 Å². The molecular weight excluding hydrogens is 337 g/mol. The third kappa shape index (κ3) is 6.87. The lowest BCUT2D eigenvalue weighted by atomic mass is 10.2. The van der Waals surface area contributed by atoms with Gasteiger partial charge in [-0.15, -0.1) is 0 Å². The van der Waals surface area contributed by atoms with E-state index in [2.05, 4.69) is 31.8 Å². The second kappa shape index (κ2) is 9.00. The largest absolute Gasteiger partial charge is 0.411 e. The van der Waals surface area contributed by atoms with Crippen LogP contribution in [0.25, 0.3) is 0 Å². The van der Waals surface area contributed by atoms with Crippen LogP contribution in [0.2, 0.25) is 0 Å². The Hall–Kier alpha value is -1.87. The number of amides is 1. The van der Waals surface area contributed by atoms with E-state index in [1.807, 2.05) is 12.1 Å². The number of carbonyl (C=O) groups is 1. The molecule has 1 amide bonds. The summed E-state index contributed by atoms with van der Waals surface area (Å²) in [6.07, 6.45) is -2.76. The number of pyridine rings is 1. The fourth-order valence-electron chi connectivity index (χ4n) is 2.51. The highest BCUT2D eigenvalue weighted by atomic mass is 19.4. The van der Waals surface area contributed by atoms with E-state index >= 15 is 0 Å². The van der Waals surface area contributed by atoms with Crippen molar-refractivity contribution in [1.82, 2.24) is 15.2 Å². The van der Waals surface area contributed by atoms with Crippen LogP contribution in [0, 0.1) is 0 Å². The molecule has 25 heavy (non-hydrogen) atoms. The van der Waals surface area contributed by atoms with Crippen molar-refractivity contribution in [3.8, 4) is 0 Å². The van der Waals surface area contributed by atoms with E-state index in [1.54, 1.807) is 6.20 Å². The van der Waals surface area contributed by atoms with Crippen LogP contribution in [0.15, 0.2) is 18.3 Å². The highest BCUT2D eigenvalue weighted by molar-refractivity contribution is 5.77. The molecule has 140 valence electrons. The molecule has 0 unspecified atom stereocenters. The standard InChI is InChI=1S/C16H23F3N4O2/c1-2-22-5-7-23(8-6-22)14-4-3-13(9-20-14)10-21-15(24)11-25-12-16(17,18)19/h3-4,9H,2,5-8,10-12H2,1H3,(H,21,24). The van der Waals surface area contributed by atoms with Crippen molar-refractivity contribution in [2.45, 2.75) is 19.6 Å². The van der Waals surface area contributed by atoms with Crippen LogP contribution in [-0.4, -0.2) is 67.9 Å². The molecule has 2 rings (SSSR count). The minimum atomic E-state index is -4.43. The van der Waals surface area contributed by atoms with Crippen molar-refractivity contribution in [3.05, 3.63) is 23.9 Å². The Bertz CT molecular complexity index is 543. The molecule has 0 radical (unpaired) electrons. The maximum Gasteiger partial charge on any atom is 0.411 e. The van der Waals surface area contributed by atoms with Gasteiger partial charge >= 0.3 is 6.18 Å². The number of aromatic nitrogens is 1. The van der Waals surface area contributed by atoms with Crippen LogP contribution in [0.3, 0.4) is 0 Å². The molecule has 1 aromatic rings. The summed E-state index contributed by atoms with van der Waals surface area (Å²) in [5.41, 5.74) is 0.778. The van der Waals surface area contributed by atoms with Gasteiger partial charge in [-0.25, -0.2) is 4.98 Å². The van der Waals surface area contributed by atoms with Gasteiger partial charge in [0, 0.05) is 38.9 Å². The van der Waals surface area contributed by atoms with Crippen LogP contribution in [-0.2, 0) is 16.1 Å². The number of nitrogens with one attached hydrogen (secondary N) is 1. The zero-order chi connectivity index (χ0) is 18.3. The molecule has 1 aliphatic heterocycles. The Morgan fingerprint density at radius 1 is 1.28 bits per heavy atom. The molecule has 1 fully saturated rings. The Balaban J connectivity index is 1.72. The van der Waals surface area contributed by atoms with Crippen molar-refractivity contribution in [1.29, 1.82) is 0 Å². The fourth-order valence-corrected chi connectivity index (χ4v) is 2.51. The van der Waals surface area contributed by atoms with Gasteiger partial charge in [-0.3, -0.25) is 4.79 Å². The molecule has 6 nitrogen and oxygen atoms in total. The number of piperazine rings is 1. The lowest BCUT2D eigenvalue weighted by Crippen LogP contribution is -2.46. The molecule has 1 aliphatic rings. The number of nitrogens with zero attached hydrogens (tertiary/aromatic N) is 3. The van der Waals surface area contributed by atoms with Crippen LogP contribution < -0.4 is 10.2 Å². The van der Waals surface area contributed by atoms with E-state index in [0.717, 1.165) is 44.1 Å². The minimum Gasteiger partial charge on any atom is -0.362 e. The molecule has 1 aromatic heterocycles. The molecule has 0 atom stereocenters. The summed E-state index contributed by atoms with van der Waals surface area (Å²) in [5.74, 6) is 0.295. The molecule has 0 saturated carbocycles. The first-order valence-corrected chi connectivity index (χ1v) is 8.21. The Kier molecular flexibility index (Phi) is 7.01. The van der Waals surface area contributed by atoms with Crippen LogP contribution in [0.1, 0.15) is 12.5 Å². The van der Waals surface area contributed by atoms with Crippen molar-refractivity contribution < 1.29 is 22.7 Å². The third-order valence-electron chi connectivity index (χ3n) is 3.94. The smallest absolute Gasteiger partial charge is 0.362 e. The summed E-state index contributed by atoms with van der Waals surface area (Å²) in [6.45, 7) is 5.21. The lowest BCUT2D eigenvalue weighted by Gasteiger charge is -2.34. The van der Waals surface area contributed by atoms with Gasteiger partial charge in [-0.05, 0) is 18.2 Å². The number of hydrogen-bond acceptors (Lipinski definition) is 5. The molecular formula is C16H23F3N4O2. The summed E-state index contributed by atoms with van der Waals surface area (Å²) in [6, 6.07) is 3.74. The Morgan fingerprint density at radius 3 is 2.56 bits per heavy atom.